The van der Waals surface area contributed by atoms with Gasteiger partial charge >= 0.3 is 6.03 Å². The van der Waals surface area contributed by atoms with Gasteiger partial charge < -0.3 is 16.0 Å². The zero-order valence-corrected chi connectivity index (χ0v) is 15.1. The van der Waals surface area contributed by atoms with Crippen LogP contribution >= 0.6 is 11.6 Å². The molecule has 1 aliphatic carbocycles. The summed E-state index contributed by atoms with van der Waals surface area (Å²) in [5, 5.41) is 2.10. The van der Waals surface area contributed by atoms with E-state index >= 15 is 0 Å². The van der Waals surface area contributed by atoms with Crippen molar-refractivity contribution in [1.82, 2.24) is 10.2 Å². The van der Waals surface area contributed by atoms with Crippen LogP contribution in [-0.4, -0.2) is 35.5 Å². The van der Waals surface area contributed by atoms with Gasteiger partial charge in [-0.2, -0.15) is 0 Å². The third-order valence-electron chi connectivity index (χ3n) is 5.49. The lowest BCUT2D eigenvalue weighted by Crippen LogP contribution is -2.69. The molecule has 26 heavy (non-hydrogen) atoms. The fourth-order valence-corrected chi connectivity index (χ4v) is 4.35. The number of amides is 3. The van der Waals surface area contributed by atoms with Crippen molar-refractivity contribution >= 4 is 23.5 Å². The highest BCUT2D eigenvalue weighted by atomic mass is 35.5. The van der Waals surface area contributed by atoms with E-state index in [4.69, 9.17) is 17.3 Å². The van der Waals surface area contributed by atoms with Gasteiger partial charge in [-0.3, -0.25) is 4.79 Å². The Hall–Kier alpha value is -2.15. The minimum atomic E-state index is -1.42. The van der Waals surface area contributed by atoms with Gasteiger partial charge in [0, 0.05) is 19.0 Å². The predicted molar refractivity (Wildman–Crippen MR) is 93.7 cm³/mol. The molecular weight excluding hydrogens is 364 g/mol. The lowest BCUT2D eigenvalue weighted by atomic mass is 9.62. The van der Waals surface area contributed by atoms with Crippen molar-refractivity contribution < 1.29 is 18.4 Å². The van der Waals surface area contributed by atoms with Crippen LogP contribution < -0.4 is 11.1 Å². The quantitative estimate of drug-likeness (QED) is 0.622. The molecule has 1 saturated heterocycles. The van der Waals surface area contributed by atoms with Crippen LogP contribution in [0, 0.1) is 17.6 Å². The molecule has 2 atom stereocenters. The van der Waals surface area contributed by atoms with Crippen molar-refractivity contribution in [2.24, 2.45) is 11.7 Å². The van der Waals surface area contributed by atoms with E-state index < -0.39 is 40.1 Å². The fourth-order valence-electron chi connectivity index (χ4n) is 4.18. The number of benzene rings is 1. The second-order valence-electron chi connectivity index (χ2n) is 7.05. The van der Waals surface area contributed by atoms with Crippen molar-refractivity contribution in [3.05, 3.63) is 46.5 Å². The molecule has 140 valence electrons. The van der Waals surface area contributed by atoms with Crippen LogP contribution in [0.25, 0.3) is 0 Å². The molecule has 1 saturated carbocycles. The number of rotatable bonds is 3. The molecule has 3 amide bonds. The molecule has 1 heterocycles. The zero-order chi connectivity index (χ0) is 19.2. The van der Waals surface area contributed by atoms with Crippen molar-refractivity contribution in [2.75, 3.05) is 13.1 Å². The van der Waals surface area contributed by atoms with E-state index in [1.54, 1.807) is 6.92 Å². The fraction of sp³-hybridized carbons (Fsp3) is 0.444. The number of urea groups is 1. The largest absolute Gasteiger partial charge is 0.352 e. The number of hydrogen-bond donors (Lipinski definition) is 2. The number of nitrogens with zero attached hydrogens (tertiary/aromatic N) is 1. The minimum absolute atomic E-state index is 0.0969. The maximum atomic E-state index is 14.8. The van der Waals surface area contributed by atoms with Crippen LogP contribution in [0.5, 0.6) is 0 Å². The average Bonchev–Trinajstić information content (AvgIpc) is 2.55. The Morgan fingerprint density at radius 1 is 1.46 bits per heavy atom. The van der Waals surface area contributed by atoms with Crippen molar-refractivity contribution in [2.45, 2.75) is 31.2 Å². The van der Waals surface area contributed by atoms with Gasteiger partial charge in [-0.25, -0.2) is 13.6 Å². The van der Waals surface area contributed by atoms with E-state index in [0.29, 0.717) is 12.8 Å². The van der Waals surface area contributed by atoms with Crippen LogP contribution in [0.3, 0.4) is 0 Å². The highest BCUT2D eigenvalue weighted by molar-refractivity contribution is 6.31. The number of carbonyl (C=O) groups excluding carboxylic acids is 2. The summed E-state index contributed by atoms with van der Waals surface area (Å²) >= 11 is 5.77. The lowest BCUT2D eigenvalue weighted by molar-refractivity contribution is -0.136. The molecule has 1 aromatic rings. The summed E-state index contributed by atoms with van der Waals surface area (Å²) in [6, 6.07) is 1.59. The second-order valence-corrected chi connectivity index (χ2v) is 7.43. The van der Waals surface area contributed by atoms with Crippen LogP contribution in [-0.2, 0) is 4.79 Å². The van der Waals surface area contributed by atoms with E-state index in [1.807, 2.05) is 0 Å². The summed E-state index contributed by atoms with van der Waals surface area (Å²) in [6.07, 6.45) is 1.16. The number of carbonyl (C=O) groups is 2. The first-order chi connectivity index (χ1) is 12.2. The van der Waals surface area contributed by atoms with Crippen molar-refractivity contribution in [1.29, 1.82) is 0 Å². The monoisotopic (exact) mass is 383 g/mol. The molecule has 2 aliphatic rings. The maximum Gasteiger partial charge on any atom is 0.315 e. The summed E-state index contributed by atoms with van der Waals surface area (Å²) in [5.41, 5.74) is 5.16. The topological polar surface area (TPSA) is 75.4 Å². The molecule has 0 aromatic heterocycles. The molecular formula is C18H20ClF2N3O2. The third kappa shape index (κ3) is 2.74. The number of nitrogens with two attached hydrogens (primary N) is 1. The normalized spacial score (nSPS) is 24.8. The Balaban J connectivity index is 2.17. The number of hydrogen-bond acceptors (Lipinski definition) is 2. The molecule has 1 aliphatic heterocycles. The predicted octanol–water partition coefficient (Wildman–Crippen LogP) is 2.94. The SMILES string of the molecule is C=C1CC([C@H](c2ccc(F)c(Cl)c2F)C2(C)C(=O)NCCN2C(N)=O)C1. The molecule has 0 bridgehead atoms. The summed E-state index contributed by atoms with van der Waals surface area (Å²) in [7, 11) is 0. The Morgan fingerprint density at radius 3 is 2.69 bits per heavy atom. The molecule has 3 rings (SSSR count). The number of allylic oxidation sites excluding steroid dienone is 1. The summed E-state index contributed by atoms with van der Waals surface area (Å²) in [6.45, 7) is 5.93. The van der Waals surface area contributed by atoms with Crippen LogP contribution in [0.15, 0.2) is 24.3 Å². The number of halogens is 3. The first-order valence-electron chi connectivity index (χ1n) is 8.33. The van der Waals surface area contributed by atoms with Crippen molar-refractivity contribution in [3.63, 3.8) is 0 Å². The Labute approximate surface area is 155 Å². The van der Waals surface area contributed by atoms with Crippen LogP contribution in [0.1, 0.15) is 31.2 Å². The maximum absolute atomic E-state index is 14.8. The minimum Gasteiger partial charge on any atom is -0.352 e. The molecule has 0 spiro atoms. The number of nitrogens with one attached hydrogen (secondary N) is 1. The van der Waals surface area contributed by atoms with Crippen LogP contribution in [0.2, 0.25) is 5.02 Å². The summed E-state index contributed by atoms with van der Waals surface area (Å²) in [5.74, 6) is -3.11. The Bertz CT molecular complexity index is 793. The molecule has 2 fully saturated rings. The first kappa shape index (κ1) is 18.6. The lowest BCUT2D eigenvalue weighted by Gasteiger charge is -2.51. The van der Waals surface area contributed by atoms with E-state index in [2.05, 4.69) is 11.9 Å². The highest BCUT2D eigenvalue weighted by Gasteiger charge is 2.55. The van der Waals surface area contributed by atoms with Gasteiger partial charge in [-0.1, -0.05) is 29.8 Å². The third-order valence-corrected chi connectivity index (χ3v) is 5.83. The van der Waals surface area contributed by atoms with E-state index in [0.717, 1.165) is 11.6 Å². The standard InChI is InChI=1S/C18H20ClF2N3O2/c1-9-7-10(8-9)13(11-3-4-12(20)14(19)15(11)21)18(2)16(25)23-5-6-24(18)17(22)26/h3-4,10,13H,1,5-8H2,2H3,(H2,22,26)(H,23,25)/t13-,18?/m1/s1. The van der Waals surface area contributed by atoms with Gasteiger partial charge in [0.15, 0.2) is 0 Å². The Kier molecular flexibility index (Phi) is 4.69. The van der Waals surface area contributed by atoms with Crippen LogP contribution in [0.4, 0.5) is 13.6 Å². The van der Waals surface area contributed by atoms with E-state index in [9.17, 15) is 18.4 Å². The molecule has 0 radical (unpaired) electrons. The van der Waals surface area contributed by atoms with Gasteiger partial charge in [0.05, 0.1) is 0 Å². The summed E-state index contributed by atoms with van der Waals surface area (Å²) in [4.78, 5) is 26.1. The molecule has 8 heteroatoms. The van der Waals surface area contributed by atoms with E-state index in [-0.39, 0.29) is 24.6 Å². The van der Waals surface area contributed by atoms with Gasteiger partial charge in [0.1, 0.15) is 22.2 Å². The molecule has 3 N–H and O–H groups in total. The zero-order valence-electron chi connectivity index (χ0n) is 14.3. The summed E-state index contributed by atoms with van der Waals surface area (Å²) < 4.78 is 28.5. The molecule has 1 unspecified atom stereocenters. The smallest absolute Gasteiger partial charge is 0.315 e. The second kappa shape index (κ2) is 6.54. The van der Waals surface area contributed by atoms with Crippen molar-refractivity contribution in [3.8, 4) is 0 Å². The van der Waals surface area contributed by atoms with E-state index in [1.165, 1.54) is 11.0 Å². The van der Waals surface area contributed by atoms with Gasteiger partial charge in [0.25, 0.3) is 0 Å². The van der Waals surface area contributed by atoms with Gasteiger partial charge in [0.2, 0.25) is 5.91 Å². The number of primary amides is 1. The molecule has 5 nitrogen and oxygen atoms in total. The Morgan fingerprint density at radius 2 is 2.12 bits per heavy atom. The molecule has 1 aromatic carbocycles. The van der Waals surface area contributed by atoms with Gasteiger partial charge in [-0.05, 0) is 37.3 Å². The first-order valence-corrected chi connectivity index (χ1v) is 8.71. The number of piperazine rings is 1. The highest BCUT2D eigenvalue weighted by Crippen LogP contribution is 2.50. The average molecular weight is 384 g/mol. The van der Waals surface area contributed by atoms with Gasteiger partial charge in [-0.15, -0.1) is 0 Å².